The smallest absolute Gasteiger partial charge is 0.309 e. The van der Waals surface area contributed by atoms with Crippen LogP contribution in [0.15, 0.2) is 291 Å². The molecule has 84 heavy (non-hydrogen) atoms. The van der Waals surface area contributed by atoms with Crippen LogP contribution in [0.25, 0.3) is 145 Å². The first-order valence-electron chi connectivity index (χ1n) is 27.9. The number of hydrogen-bond acceptors (Lipinski definition) is 3. The molecule has 0 aliphatic carbocycles. The second-order valence-electron chi connectivity index (χ2n) is 21.0. The van der Waals surface area contributed by atoms with Crippen molar-refractivity contribution in [1.82, 2.24) is 24.1 Å². The lowest BCUT2D eigenvalue weighted by Crippen LogP contribution is -2.13. The van der Waals surface area contributed by atoms with Crippen molar-refractivity contribution in [3.8, 4) is 101 Å². The Morgan fingerprint density at radius 1 is 0.238 bits per heavy atom. The zero-order valence-corrected chi connectivity index (χ0v) is 45.1. The van der Waals surface area contributed by atoms with Crippen LogP contribution in [-0.2, 0) is 6.18 Å². The molecule has 0 N–H and O–H groups in total. The molecular formula is C76H48F3N5. The van der Waals surface area contributed by atoms with Gasteiger partial charge in [0.2, 0.25) is 0 Å². The van der Waals surface area contributed by atoms with Crippen LogP contribution in [-0.4, -0.2) is 24.1 Å². The van der Waals surface area contributed by atoms with Crippen molar-refractivity contribution in [3.63, 3.8) is 0 Å². The molecule has 3 heterocycles. The van der Waals surface area contributed by atoms with E-state index in [1.54, 1.807) is 22.8 Å². The van der Waals surface area contributed by atoms with Crippen molar-refractivity contribution in [2.75, 3.05) is 0 Å². The molecule has 0 spiro atoms. The zero-order chi connectivity index (χ0) is 56.3. The van der Waals surface area contributed by atoms with Gasteiger partial charge in [-0.2, -0.15) is 13.2 Å². The van der Waals surface area contributed by atoms with Crippen LogP contribution in [0, 0.1) is 0 Å². The molecule has 0 aliphatic rings. The van der Waals surface area contributed by atoms with Gasteiger partial charge in [0, 0.05) is 43.8 Å². The van der Waals surface area contributed by atoms with E-state index < -0.39 is 11.7 Å². The van der Waals surface area contributed by atoms with Crippen molar-refractivity contribution >= 4 is 43.6 Å². The molecule has 0 unspecified atom stereocenters. The standard InChI is InChI=1S/C76H48F3N5/c77-76(78,79)72-60(32-19-33-71(72)84-69-41-36-57(51-24-11-3-12-25-51)46-64(69)65-47-58(37-42-70(65)84)52-26-13-4-14-27-52)61-48-59(75-81-73(53-28-15-5-16-29-53)80-74(82-75)54-30-17-6-18-31-54)38-43-66(61)83-67-39-34-55(49-20-7-1-8-21-49)44-62(67)63-45-56(35-40-68(63)83)50-22-9-2-10-23-50/h1-48H. The fraction of sp³-hybridized carbons (Fsp3) is 0.0132. The predicted octanol–water partition coefficient (Wildman–Crippen LogP) is 20.4. The number of benzene rings is 12. The van der Waals surface area contributed by atoms with Gasteiger partial charge < -0.3 is 9.13 Å². The largest absolute Gasteiger partial charge is 0.419 e. The van der Waals surface area contributed by atoms with E-state index in [-0.39, 0.29) is 11.3 Å². The zero-order valence-electron chi connectivity index (χ0n) is 45.1. The Hall–Kier alpha value is -11.0. The van der Waals surface area contributed by atoms with Crippen molar-refractivity contribution in [1.29, 1.82) is 0 Å². The van der Waals surface area contributed by atoms with Crippen LogP contribution in [0.3, 0.4) is 0 Å². The van der Waals surface area contributed by atoms with Gasteiger partial charge in [-0.1, -0.05) is 218 Å². The Morgan fingerprint density at radius 3 is 0.893 bits per heavy atom. The molecular weight excluding hydrogens is 1040 g/mol. The van der Waals surface area contributed by atoms with E-state index in [0.29, 0.717) is 45.3 Å². The maximum absolute atomic E-state index is 17.2. The summed E-state index contributed by atoms with van der Waals surface area (Å²) in [5.41, 5.74) is 13.2. The molecule has 0 radical (unpaired) electrons. The Morgan fingerprint density at radius 2 is 0.548 bits per heavy atom. The van der Waals surface area contributed by atoms with Crippen LogP contribution in [0.4, 0.5) is 13.2 Å². The third-order valence-electron chi connectivity index (χ3n) is 16.0. The first kappa shape index (κ1) is 50.0. The van der Waals surface area contributed by atoms with E-state index in [9.17, 15) is 0 Å². The fourth-order valence-electron chi connectivity index (χ4n) is 12.1. The summed E-state index contributed by atoms with van der Waals surface area (Å²) in [6.45, 7) is 0. The van der Waals surface area contributed by atoms with Crippen LogP contribution in [0.2, 0.25) is 0 Å². The number of hydrogen-bond donors (Lipinski definition) is 0. The molecule has 0 bridgehead atoms. The van der Waals surface area contributed by atoms with Gasteiger partial charge in [-0.05, 0) is 123 Å². The van der Waals surface area contributed by atoms with Crippen LogP contribution in [0.5, 0.6) is 0 Å². The first-order chi connectivity index (χ1) is 41.3. The molecule has 12 aromatic carbocycles. The Balaban J connectivity index is 1.03. The summed E-state index contributed by atoms with van der Waals surface area (Å²) >= 11 is 0. The second-order valence-corrected chi connectivity index (χ2v) is 21.0. The maximum Gasteiger partial charge on any atom is 0.419 e. The van der Waals surface area contributed by atoms with Crippen LogP contribution < -0.4 is 0 Å². The number of nitrogens with zero attached hydrogens (tertiary/aromatic N) is 5. The summed E-state index contributed by atoms with van der Waals surface area (Å²) in [6.07, 6.45) is -4.87. The van der Waals surface area contributed by atoms with Crippen LogP contribution >= 0.6 is 0 Å². The molecule has 5 nitrogen and oxygen atoms in total. The monoisotopic (exact) mass is 1090 g/mol. The quantitative estimate of drug-likeness (QED) is 0.137. The first-order valence-corrected chi connectivity index (χ1v) is 27.9. The average molecular weight is 1090 g/mol. The molecule has 8 heteroatoms. The van der Waals surface area contributed by atoms with Gasteiger partial charge in [0.05, 0.1) is 39.0 Å². The highest BCUT2D eigenvalue weighted by molar-refractivity contribution is 6.14. The maximum atomic E-state index is 17.2. The molecule has 0 aliphatic heterocycles. The van der Waals surface area contributed by atoms with E-state index >= 15 is 13.2 Å². The summed E-state index contributed by atoms with van der Waals surface area (Å²) in [6, 6.07) is 95.5. The van der Waals surface area contributed by atoms with E-state index in [4.69, 9.17) is 15.0 Å². The van der Waals surface area contributed by atoms with E-state index in [2.05, 4.69) is 102 Å². The summed E-state index contributed by atoms with van der Waals surface area (Å²) in [4.78, 5) is 15.2. The Kier molecular flexibility index (Phi) is 12.2. The highest BCUT2D eigenvalue weighted by atomic mass is 19.4. The molecule has 3 aromatic heterocycles. The highest BCUT2D eigenvalue weighted by Crippen LogP contribution is 2.48. The summed E-state index contributed by atoms with van der Waals surface area (Å²) in [5.74, 6) is 1.19. The Labute approximate surface area is 482 Å². The highest BCUT2D eigenvalue weighted by Gasteiger charge is 2.39. The molecule has 0 amide bonds. The third kappa shape index (κ3) is 8.89. The van der Waals surface area contributed by atoms with Crippen molar-refractivity contribution in [3.05, 3.63) is 297 Å². The van der Waals surface area contributed by atoms with Gasteiger partial charge in [-0.15, -0.1) is 0 Å². The average Bonchev–Trinajstić information content (AvgIpc) is 1.97. The van der Waals surface area contributed by atoms with Gasteiger partial charge >= 0.3 is 6.18 Å². The third-order valence-corrected chi connectivity index (χ3v) is 16.0. The lowest BCUT2D eigenvalue weighted by atomic mass is 9.94. The van der Waals surface area contributed by atoms with Gasteiger partial charge in [-0.3, -0.25) is 0 Å². The van der Waals surface area contributed by atoms with E-state index in [0.717, 1.165) is 88.2 Å². The van der Waals surface area contributed by atoms with E-state index in [1.807, 2.05) is 176 Å². The van der Waals surface area contributed by atoms with Gasteiger partial charge in [0.15, 0.2) is 17.5 Å². The van der Waals surface area contributed by atoms with Crippen molar-refractivity contribution in [2.24, 2.45) is 0 Å². The molecule has 15 aromatic rings. The van der Waals surface area contributed by atoms with Crippen LogP contribution in [0.1, 0.15) is 5.56 Å². The lowest BCUT2D eigenvalue weighted by molar-refractivity contribution is -0.136. The molecule has 398 valence electrons. The minimum atomic E-state index is -4.87. The second kappa shape index (κ2) is 20.5. The molecule has 0 atom stereocenters. The topological polar surface area (TPSA) is 48.5 Å². The SMILES string of the molecule is FC(F)(F)c1c(-c2cc(-c3nc(-c4ccccc4)nc(-c4ccccc4)n3)ccc2-n2c3ccc(-c4ccccc4)cc3c3cc(-c4ccccc4)ccc32)cccc1-n1c2ccc(-c3ccccc3)cc2c2cc(-c3ccccc3)ccc21. The molecule has 0 fully saturated rings. The minimum absolute atomic E-state index is 0.00334. The number of alkyl halides is 3. The van der Waals surface area contributed by atoms with Crippen molar-refractivity contribution < 1.29 is 13.2 Å². The normalized spacial score (nSPS) is 11.8. The fourth-order valence-corrected chi connectivity index (χ4v) is 12.1. The molecule has 0 saturated carbocycles. The van der Waals surface area contributed by atoms with E-state index in [1.165, 1.54) is 0 Å². The van der Waals surface area contributed by atoms with Gasteiger partial charge in [0.1, 0.15) is 0 Å². The van der Waals surface area contributed by atoms with Gasteiger partial charge in [0.25, 0.3) is 0 Å². The summed E-state index contributed by atoms with van der Waals surface area (Å²) in [5, 5.41) is 3.57. The number of aromatic nitrogens is 5. The molecule has 15 rings (SSSR count). The number of halogens is 3. The number of rotatable bonds is 10. The predicted molar refractivity (Wildman–Crippen MR) is 337 cm³/mol. The number of fused-ring (bicyclic) bond motifs is 6. The minimum Gasteiger partial charge on any atom is -0.309 e. The van der Waals surface area contributed by atoms with Crippen molar-refractivity contribution in [2.45, 2.75) is 6.18 Å². The van der Waals surface area contributed by atoms with Gasteiger partial charge in [-0.25, -0.2) is 15.0 Å². The molecule has 0 saturated heterocycles. The Bertz CT molecular complexity index is 4710. The summed E-state index contributed by atoms with van der Waals surface area (Å²) in [7, 11) is 0. The summed E-state index contributed by atoms with van der Waals surface area (Å²) < 4.78 is 55.5. The lowest BCUT2D eigenvalue weighted by Gasteiger charge is -2.22.